The summed E-state index contributed by atoms with van der Waals surface area (Å²) in [4.78, 5) is 12.2. The lowest BCUT2D eigenvalue weighted by Gasteiger charge is -2.46. The summed E-state index contributed by atoms with van der Waals surface area (Å²) >= 11 is 0. The lowest BCUT2D eigenvalue weighted by molar-refractivity contribution is -0.157. The summed E-state index contributed by atoms with van der Waals surface area (Å²) in [6.07, 6.45) is 4.62. The first-order chi connectivity index (χ1) is 10.8. The van der Waals surface area contributed by atoms with Gasteiger partial charge in [-0.25, -0.2) is 0 Å². The van der Waals surface area contributed by atoms with Gasteiger partial charge in [0, 0.05) is 23.7 Å². The van der Waals surface area contributed by atoms with Gasteiger partial charge in [-0.3, -0.25) is 4.79 Å². The van der Waals surface area contributed by atoms with Gasteiger partial charge in [0.1, 0.15) is 5.60 Å². The second-order valence-electron chi connectivity index (χ2n) is 9.65. The van der Waals surface area contributed by atoms with Gasteiger partial charge in [-0.1, -0.05) is 20.3 Å². The zero-order chi connectivity index (χ0) is 18.6. The summed E-state index contributed by atoms with van der Waals surface area (Å²) in [7, 11) is 0. The van der Waals surface area contributed by atoms with Crippen LogP contribution < -0.4 is 10.6 Å². The number of hydrogen-bond acceptors (Lipinski definition) is 4. The number of ether oxygens (including phenoxy) is 1. The van der Waals surface area contributed by atoms with Crippen molar-refractivity contribution in [3.8, 4) is 0 Å². The van der Waals surface area contributed by atoms with Crippen molar-refractivity contribution in [1.29, 1.82) is 0 Å². The Morgan fingerprint density at radius 3 is 2.29 bits per heavy atom. The third kappa shape index (κ3) is 7.98. The molecule has 0 aromatic rings. The molecule has 4 nitrogen and oxygen atoms in total. The van der Waals surface area contributed by atoms with Crippen molar-refractivity contribution in [2.45, 2.75) is 110 Å². The van der Waals surface area contributed by atoms with Crippen LogP contribution in [0.2, 0.25) is 0 Å². The molecule has 0 amide bonds. The minimum absolute atomic E-state index is 0.0942. The van der Waals surface area contributed by atoms with Gasteiger partial charge >= 0.3 is 5.97 Å². The standard InChI is InChI=1S/C20H40N2O2/c1-9-15(2)12-20(7,8)24-17(23)10-11-21-16-13-18(3,4)22-19(5,6)14-16/h15-16,21-22H,9-14H2,1-8H3. The van der Waals surface area contributed by atoms with Crippen LogP contribution in [0.25, 0.3) is 0 Å². The zero-order valence-corrected chi connectivity index (χ0v) is 17.2. The van der Waals surface area contributed by atoms with E-state index in [9.17, 15) is 4.79 Å². The number of nitrogens with one attached hydrogen (secondary N) is 2. The molecule has 2 N–H and O–H groups in total. The van der Waals surface area contributed by atoms with Crippen molar-refractivity contribution in [2.24, 2.45) is 5.92 Å². The quantitative estimate of drug-likeness (QED) is 0.655. The topological polar surface area (TPSA) is 50.4 Å². The van der Waals surface area contributed by atoms with E-state index in [1.165, 1.54) is 0 Å². The number of carbonyl (C=O) groups is 1. The summed E-state index contributed by atoms with van der Waals surface area (Å²) in [5.41, 5.74) is -0.123. The van der Waals surface area contributed by atoms with Crippen LogP contribution >= 0.6 is 0 Å². The monoisotopic (exact) mass is 340 g/mol. The van der Waals surface area contributed by atoms with Gasteiger partial charge in [-0.2, -0.15) is 0 Å². The second-order valence-corrected chi connectivity index (χ2v) is 9.65. The Balaban J connectivity index is 2.37. The molecule has 1 heterocycles. The van der Waals surface area contributed by atoms with Gasteiger partial charge in [0.05, 0.1) is 6.42 Å². The number of piperidine rings is 1. The Morgan fingerprint density at radius 2 is 1.79 bits per heavy atom. The molecular weight excluding hydrogens is 300 g/mol. The molecule has 0 saturated carbocycles. The molecule has 0 bridgehead atoms. The van der Waals surface area contributed by atoms with E-state index in [-0.39, 0.29) is 22.6 Å². The molecule has 4 heteroatoms. The highest BCUT2D eigenvalue weighted by atomic mass is 16.6. The molecular formula is C20H40N2O2. The number of rotatable bonds is 8. The first kappa shape index (κ1) is 21.4. The van der Waals surface area contributed by atoms with Crippen LogP contribution in [0.1, 0.15) is 87.5 Å². The molecule has 1 aliphatic rings. The fourth-order valence-electron chi connectivity index (χ4n) is 4.23. The third-order valence-electron chi connectivity index (χ3n) is 4.88. The van der Waals surface area contributed by atoms with Crippen molar-refractivity contribution in [3.05, 3.63) is 0 Å². The predicted molar refractivity (Wildman–Crippen MR) is 101 cm³/mol. The van der Waals surface area contributed by atoms with Gasteiger partial charge < -0.3 is 15.4 Å². The fourth-order valence-corrected chi connectivity index (χ4v) is 4.23. The number of carbonyl (C=O) groups excluding carboxylic acids is 1. The van der Waals surface area contributed by atoms with Crippen molar-refractivity contribution in [2.75, 3.05) is 6.54 Å². The average molecular weight is 341 g/mol. The normalized spacial score (nSPS) is 22.2. The predicted octanol–water partition coefficient (Wildman–Crippen LogP) is 4.03. The molecule has 1 unspecified atom stereocenters. The van der Waals surface area contributed by atoms with Crippen molar-refractivity contribution in [3.63, 3.8) is 0 Å². The molecule has 1 aliphatic heterocycles. The maximum atomic E-state index is 12.2. The van der Waals surface area contributed by atoms with E-state index in [2.05, 4.69) is 52.2 Å². The summed E-state index contributed by atoms with van der Waals surface area (Å²) in [6, 6.07) is 0.442. The van der Waals surface area contributed by atoms with E-state index in [0.717, 1.165) is 25.7 Å². The van der Waals surface area contributed by atoms with Crippen LogP contribution in [0.4, 0.5) is 0 Å². The highest BCUT2D eigenvalue weighted by Gasteiger charge is 2.37. The lowest BCUT2D eigenvalue weighted by Crippen LogP contribution is -2.61. The first-order valence-corrected chi connectivity index (χ1v) is 9.59. The Hall–Kier alpha value is -0.610. The van der Waals surface area contributed by atoms with Gasteiger partial charge in [0.15, 0.2) is 0 Å². The molecule has 0 aromatic carbocycles. The SMILES string of the molecule is CCC(C)CC(C)(C)OC(=O)CCNC1CC(C)(C)NC(C)(C)C1. The van der Waals surface area contributed by atoms with Crippen molar-refractivity contribution < 1.29 is 9.53 Å². The van der Waals surface area contributed by atoms with Gasteiger partial charge in [-0.05, 0) is 66.7 Å². The van der Waals surface area contributed by atoms with Crippen molar-refractivity contribution >= 4 is 5.97 Å². The summed E-state index contributed by atoms with van der Waals surface area (Å²) < 4.78 is 5.69. The smallest absolute Gasteiger partial charge is 0.307 e. The summed E-state index contributed by atoms with van der Waals surface area (Å²) in [6.45, 7) is 18.1. The minimum Gasteiger partial charge on any atom is -0.460 e. The molecule has 1 saturated heterocycles. The van der Waals surface area contributed by atoms with Gasteiger partial charge in [0.2, 0.25) is 0 Å². The van der Waals surface area contributed by atoms with Crippen LogP contribution in [0.3, 0.4) is 0 Å². The van der Waals surface area contributed by atoms with Gasteiger partial charge in [0.25, 0.3) is 0 Å². The highest BCUT2D eigenvalue weighted by Crippen LogP contribution is 2.28. The molecule has 1 fully saturated rings. The van der Waals surface area contributed by atoms with Crippen molar-refractivity contribution in [1.82, 2.24) is 10.6 Å². The van der Waals surface area contributed by atoms with Crippen LogP contribution in [-0.2, 0) is 9.53 Å². The molecule has 1 rings (SSSR count). The van der Waals surface area contributed by atoms with Crippen LogP contribution in [-0.4, -0.2) is 35.2 Å². The zero-order valence-electron chi connectivity index (χ0n) is 17.2. The molecule has 0 radical (unpaired) electrons. The summed E-state index contributed by atoms with van der Waals surface area (Å²) in [5, 5.41) is 7.24. The third-order valence-corrected chi connectivity index (χ3v) is 4.88. The Morgan fingerprint density at radius 1 is 1.25 bits per heavy atom. The number of hydrogen-bond donors (Lipinski definition) is 2. The fraction of sp³-hybridized carbons (Fsp3) is 0.950. The maximum absolute atomic E-state index is 12.2. The van der Waals surface area contributed by atoms with E-state index in [0.29, 0.717) is 24.9 Å². The Bertz CT molecular complexity index is 400. The molecule has 24 heavy (non-hydrogen) atoms. The molecule has 0 aliphatic carbocycles. The van der Waals surface area contributed by atoms with E-state index >= 15 is 0 Å². The Kier molecular flexibility index (Phi) is 7.30. The molecule has 142 valence electrons. The maximum Gasteiger partial charge on any atom is 0.307 e. The Labute approximate surface area is 149 Å². The first-order valence-electron chi connectivity index (χ1n) is 9.59. The lowest BCUT2D eigenvalue weighted by atomic mass is 9.79. The molecule has 1 atom stereocenters. The van der Waals surface area contributed by atoms with E-state index in [4.69, 9.17) is 4.74 Å². The van der Waals surface area contributed by atoms with Crippen LogP contribution in [0, 0.1) is 5.92 Å². The molecule has 0 spiro atoms. The minimum atomic E-state index is -0.370. The summed E-state index contributed by atoms with van der Waals surface area (Å²) in [5.74, 6) is 0.480. The number of esters is 1. The average Bonchev–Trinajstić information content (AvgIpc) is 2.33. The molecule has 0 aromatic heterocycles. The van der Waals surface area contributed by atoms with E-state index in [1.54, 1.807) is 0 Å². The largest absolute Gasteiger partial charge is 0.460 e. The second kappa shape index (κ2) is 8.18. The van der Waals surface area contributed by atoms with Gasteiger partial charge in [-0.15, -0.1) is 0 Å². The van der Waals surface area contributed by atoms with Crippen LogP contribution in [0.5, 0.6) is 0 Å². The van der Waals surface area contributed by atoms with Crippen LogP contribution in [0.15, 0.2) is 0 Å². The van der Waals surface area contributed by atoms with E-state index < -0.39 is 0 Å². The van der Waals surface area contributed by atoms with E-state index in [1.807, 2.05) is 13.8 Å². The highest BCUT2D eigenvalue weighted by molar-refractivity contribution is 5.70.